The Morgan fingerprint density at radius 3 is 0.880 bits per heavy atom. The summed E-state index contributed by atoms with van der Waals surface area (Å²) in [4.78, 5) is 37.8. The third-order valence-corrected chi connectivity index (χ3v) is 11.7. The van der Waals surface area contributed by atoms with Crippen molar-refractivity contribution in [2.45, 2.75) is 232 Å². The molecule has 0 fully saturated rings. The number of ether oxygens (including phenoxy) is 3. The molecule has 0 aliphatic heterocycles. The Bertz CT molecular complexity index is 1750. The molecule has 0 aromatic carbocycles. The molecule has 0 spiro atoms. The van der Waals surface area contributed by atoms with Crippen molar-refractivity contribution in [1.29, 1.82) is 0 Å². The summed E-state index contributed by atoms with van der Waals surface area (Å²) in [6, 6.07) is 0. The van der Waals surface area contributed by atoms with Gasteiger partial charge in [-0.3, -0.25) is 14.4 Å². The molecular formula is C69H106O6. The van der Waals surface area contributed by atoms with Gasteiger partial charge in [0.2, 0.25) is 0 Å². The Morgan fingerprint density at radius 1 is 0.293 bits per heavy atom. The van der Waals surface area contributed by atoms with E-state index < -0.39 is 12.1 Å². The van der Waals surface area contributed by atoms with Crippen molar-refractivity contribution in [3.8, 4) is 0 Å². The number of rotatable bonds is 51. The third kappa shape index (κ3) is 59.5. The molecule has 0 saturated carbocycles. The quantitative estimate of drug-likeness (QED) is 0.0261. The summed E-state index contributed by atoms with van der Waals surface area (Å²) in [7, 11) is 0. The topological polar surface area (TPSA) is 78.9 Å². The summed E-state index contributed by atoms with van der Waals surface area (Å²) in [5.74, 6) is -1.09. The minimum atomic E-state index is -0.841. The summed E-state index contributed by atoms with van der Waals surface area (Å²) < 4.78 is 16.6. The van der Waals surface area contributed by atoms with E-state index >= 15 is 0 Å². The molecule has 0 N–H and O–H groups in total. The van der Waals surface area contributed by atoms with E-state index in [-0.39, 0.29) is 31.6 Å². The Kier molecular flexibility index (Phi) is 57.0. The lowest BCUT2D eigenvalue weighted by molar-refractivity contribution is -0.166. The molecule has 0 radical (unpaired) electrons. The number of carbonyl (C=O) groups is 3. The fraction of sp³-hybridized carbons (Fsp3) is 0.551. The van der Waals surface area contributed by atoms with Crippen LogP contribution in [-0.4, -0.2) is 37.2 Å². The van der Waals surface area contributed by atoms with Crippen LogP contribution in [0, 0.1) is 0 Å². The molecule has 0 saturated heterocycles. The number of unbranched alkanes of at least 4 members (excludes halogenated alkanes) is 13. The van der Waals surface area contributed by atoms with E-state index in [1.807, 2.05) is 6.08 Å². The highest BCUT2D eigenvalue weighted by atomic mass is 16.6. The van der Waals surface area contributed by atoms with Gasteiger partial charge < -0.3 is 14.2 Å². The largest absolute Gasteiger partial charge is 0.462 e. The lowest BCUT2D eigenvalue weighted by atomic mass is 10.1. The van der Waals surface area contributed by atoms with Gasteiger partial charge >= 0.3 is 17.9 Å². The molecule has 0 aliphatic rings. The van der Waals surface area contributed by atoms with Crippen molar-refractivity contribution in [1.82, 2.24) is 0 Å². The van der Waals surface area contributed by atoms with Gasteiger partial charge in [-0.05, 0) is 116 Å². The summed E-state index contributed by atoms with van der Waals surface area (Å²) in [6.07, 6.45) is 91.2. The summed E-state index contributed by atoms with van der Waals surface area (Å²) >= 11 is 0. The summed E-state index contributed by atoms with van der Waals surface area (Å²) in [5.41, 5.74) is 0. The van der Waals surface area contributed by atoms with Crippen molar-refractivity contribution in [3.63, 3.8) is 0 Å². The monoisotopic (exact) mass is 1030 g/mol. The van der Waals surface area contributed by atoms with Crippen molar-refractivity contribution >= 4 is 17.9 Å². The van der Waals surface area contributed by atoms with Crippen LogP contribution in [0.2, 0.25) is 0 Å². The predicted molar refractivity (Wildman–Crippen MR) is 325 cm³/mol. The van der Waals surface area contributed by atoms with Crippen LogP contribution in [0.25, 0.3) is 0 Å². The zero-order valence-electron chi connectivity index (χ0n) is 47.7. The number of hydrogen-bond acceptors (Lipinski definition) is 6. The van der Waals surface area contributed by atoms with E-state index in [9.17, 15) is 14.4 Å². The average Bonchev–Trinajstić information content (AvgIpc) is 3.41. The van der Waals surface area contributed by atoms with Crippen LogP contribution >= 0.6 is 0 Å². The van der Waals surface area contributed by atoms with Crippen LogP contribution in [0.5, 0.6) is 0 Å². The zero-order chi connectivity index (χ0) is 54.3. The predicted octanol–water partition coefficient (Wildman–Crippen LogP) is 20.3. The van der Waals surface area contributed by atoms with Gasteiger partial charge in [0.1, 0.15) is 13.2 Å². The van der Waals surface area contributed by atoms with Gasteiger partial charge in [0.25, 0.3) is 0 Å². The Labute approximate surface area is 460 Å². The molecule has 1 atom stereocenters. The van der Waals surface area contributed by atoms with Gasteiger partial charge in [0.05, 0.1) is 6.42 Å². The average molecular weight is 1030 g/mol. The highest BCUT2D eigenvalue weighted by Crippen LogP contribution is 2.13. The van der Waals surface area contributed by atoms with E-state index in [0.717, 1.165) is 135 Å². The fourth-order valence-electron chi connectivity index (χ4n) is 7.39. The molecule has 6 nitrogen and oxygen atoms in total. The molecule has 0 aliphatic carbocycles. The number of hydrogen-bond donors (Lipinski definition) is 0. The second-order valence-corrected chi connectivity index (χ2v) is 18.8. The molecule has 0 heterocycles. The standard InChI is InChI=1S/C69H106O6/c1-4-7-10-13-16-18-20-22-24-25-26-27-28-29-30-31-32-33-34-35-36-37-38-39-40-41-42-43-45-46-48-50-53-56-59-62-68(71)74-65-66(64-73-67(70)61-58-55-52-15-12-9-6-3)75-69(72)63-60-57-54-51-49-47-44-23-21-19-17-14-11-8-5-2/h7-8,10-11,16-19,22-24,26-27,29-30,32-33,35-36,38-39,41-42,44,49,51,57,60,66H,4-6,9,12-15,20-21,25,28,31,34,37,40,43,45-48,50,52-56,58-59,61-65H2,1-3H3/b10-7-,11-8-,18-16-,19-17-,24-22-,27-26-,30-29-,33-32-,36-35-,39-38-,42-41-,44-23-,51-49-,60-57-. The van der Waals surface area contributed by atoms with Crippen molar-refractivity contribution in [3.05, 3.63) is 170 Å². The van der Waals surface area contributed by atoms with Crippen molar-refractivity contribution in [2.24, 2.45) is 0 Å². The van der Waals surface area contributed by atoms with E-state index in [1.54, 1.807) is 6.08 Å². The highest BCUT2D eigenvalue weighted by molar-refractivity contribution is 5.72. The van der Waals surface area contributed by atoms with Crippen molar-refractivity contribution < 1.29 is 28.6 Å². The molecule has 6 heteroatoms. The molecule has 418 valence electrons. The van der Waals surface area contributed by atoms with E-state index in [4.69, 9.17) is 14.2 Å². The Morgan fingerprint density at radius 2 is 0.560 bits per heavy atom. The van der Waals surface area contributed by atoms with E-state index in [2.05, 4.69) is 179 Å². The van der Waals surface area contributed by atoms with Gasteiger partial charge in [-0.25, -0.2) is 0 Å². The number of allylic oxidation sites excluding steroid dienone is 27. The van der Waals surface area contributed by atoms with Crippen LogP contribution in [0.1, 0.15) is 226 Å². The third-order valence-electron chi connectivity index (χ3n) is 11.7. The first-order valence-electron chi connectivity index (χ1n) is 29.6. The van der Waals surface area contributed by atoms with E-state index in [1.165, 1.54) is 44.9 Å². The first-order chi connectivity index (χ1) is 37.0. The second kappa shape index (κ2) is 61.3. The molecule has 0 aromatic rings. The molecular weight excluding hydrogens is 925 g/mol. The van der Waals surface area contributed by atoms with Crippen LogP contribution in [-0.2, 0) is 28.6 Å². The minimum Gasteiger partial charge on any atom is -0.462 e. The lowest BCUT2D eigenvalue weighted by Crippen LogP contribution is -2.30. The van der Waals surface area contributed by atoms with Crippen LogP contribution in [0.3, 0.4) is 0 Å². The first-order valence-corrected chi connectivity index (χ1v) is 29.6. The fourth-order valence-corrected chi connectivity index (χ4v) is 7.39. The van der Waals surface area contributed by atoms with Gasteiger partial charge in [0.15, 0.2) is 6.10 Å². The van der Waals surface area contributed by atoms with Gasteiger partial charge in [-0.1, -0.05) is 262 Å². The van der Waals surface area contributed by atoms with Gasteiger partial charge in [-0.2, -0.15) is 0 Å². The highest BCUT2D eigenvalue weighted by Gasteiger charge is 2.19. The maximum atomic E-state index is 12.7. The maximum absolute atomic E-state index is 12.7. The summed E-state index contributed by atoms with van der Waals surface area (Å²) in [5, 5.41) is 0. The molecule has 0 bridgehead atoms. The molecule has 1 unspecified atom stereocenters. The molecule has 0 aromatic heterocycles. The lowest BCUT2D eigenvalue weighted by Gasteiger charge is -2.18. The van der Waals surface area contributed by atoms with Crippen LogP contribution in [0.15, 0.2) is 170 Å². The first kappa shape index (κ1) is 69.8. The smallest absolute Gasteiger partial charge is 0.310 e. The second-order valence-electron chi connectivity index (χ2n) is 18.8. The van der Waals surface area contributed by atoms with Crippen molar-refractivity contribution in [2.75, 3.05) is 13.2 Å². The van der Waals surface area contributed by atoms with Crippen LogP contribution in [0.4, 0.5) is 0 Å². The minimum absolute atomic E-state index is 0.0878. The Balaban J connectivity index is 4.23. The van der Waals surface area contributed by atoms with E-state index in [0.29, 0.717) is 19.3 Å². The molecule has 0 amide bonds. The van der Waals surface area contributed by atoms with Gasteiger partial charge in [0, 0.05) is 12.8 Å². The molecule has 0 rings (SSSR count). The van der Waals surface area contributed by atoms with Crippen LogP contribution < -0.4 is 0 Å². The Hall–Kier alpha value is -5.23. The maximum Gasteiger partial charge on any atom is 0.310 e. The summed E-state index contributed by atoms with van der Waals surface area (Å²) in [6.45, 7) is 6.25. The number of carbonyl (C=O) groups excluding carboxylic acids is 3. The number of esters is 3. The SMILES string of the molecule is CC/C=C\C/C=C\C/C=C\C/C=C\C/C=C\C/C=C\C/C=C\C/C=C\C/C=C\CCCCCCCCCC(=O)OCC(COC(=O)CCCCCCCCC)OC(=O)C/C=C\C/C=C\C/C=C\C/C=C\C/C=C\CC. The van der Waals surface area contributed by atoms with Gasteiger partial charge in [-0.15, -0.1) is 0 Å². The molecule has 75 heavy (non-hydrogen) atoms. The normalized spacial score (nSPS) is 13.4. The zero-order valence-corrected chi connectivity index (χ0v) is 47.7.